The van der Waals surface area contributed by atoms with Crippen molar-refractivity contribution in [1.82, 2.24) is 15.3 Å². The number of carbonyl (C=O) groups excluding carboxylic acids is 1. The Morgan fingerprint density at radius 1 is 1.26 bits per heavy atom. The van der Waals surface area contributed by atoms with E-state index in [0.29, 0.717) is 30.3 Å². The molecule has 1 aromatic carbocycles. The summed E-state index contributed by atoms with van der Waals surface area (Å²) < 4.78 is 18.9. The third kappa shape index (κ3) is 3.02. The second-order valence-electron chi connectivity index (χ2n) is 6.04. The number of halogens is 1. The molecule has 2 aliphatic rings. The average Bonchev–Trinajstić information content (AvgIpc) is 3.39. The number of rotatable bonds is 3. The van der Waals surface area contributed by atoms with E-state index in [9.17, 15) is 9.18 Å². The maximum absolute atomic E-state index is 13.3. The number of benzene rings is 1. The molecule has 4 rings (SSSR count). The van der Waals surface area contributed by atoms with Gasteiger partial charge in [-0.1, -0.05) is 0 Å². The second kappa shape index (κ2) is 5.61. The van der Waals surface area contributed by atoms with Crippen LogP contribution in [0.5, 0.6) is 5.75 Å². The molecule has 1 aliphatic carbocycles. The number of hydrogen-bond acceptors (Lipinski definition) is 4. The summed E-state index contributed by atoms with van der Waals surface area (Å²) in [4.78, 5) is 20.8. The van der Waals surface area contributed by atoms with E-state index in [1.165, 1.54) is 12.1 Å². The number of amides is 1. The Balaban J connectivity index is 1.42. The summed E-state index contributed by atoms with van der Waals surface area (Å²) in [5.41, 5.74) is 1.20. The van der Waals surface area contributed by atoms with Gasteiger partial charge in [0, 0.05) is 18.3 Å². The van der Waals surface area contributed by atoms with Gasteiger partial charge < -0.3 is 10.1 Å². The highest BCUT2D eigenvalue weighted by Crippen LogP contribution is 2.37. The van der Waals surface area contributed by atoms with E-state index in [1.807, 2.05) is 0 Å². The van der Waals surface area contributed by atoms with Gasteiger partial charge in [0.15, 0.2) is 0 Å². The Labute approximate surface area is 132 Å². The molecule has 0 saturated heterocycles. The molecule has 0 bridgehead atoms. The maximum atomic E-state index is 13.3. The van der Waals surface area contributed by atoms with Crippen molar-refractivity contribution in [2.24, 2.45) is 0 Å². The van der Waals surface area contributed by atoms with Gasteiger partial charge in [-0.3, -0.25) is 4.79 Å². The summed E-state index contributed by atoms with van der Waals surface area (Å²) in [6.45, 7) is 0.366. The second-order valence-corrected chi connectivity index (χ2v) is 6.04. The van der Waals surface area contributed by atoms with Crippen molar-refractivity contribution in [2.75, 3.05) is 6.61 Å². The van der Waals surface area contributed by atoms with E-state index in [4.69, 9.17) is 4.74 Å². The normalized spacial score (nSPS) is 19.6. The summed E-state index contributed by atoms with van der Waals surface area (Å²) in [5.74, 6) is 1.41. The SMILES string of the molecule is O=C(NC1COc2ccc(F)cc2C1)c1cnc(C2CC2)nc1. The summed E-state index contributed by atoms with van der Waals surface area (Å²) in [5, 5.41) is 2.89. The Bertz CT molecular complexity index is 744. The zero-order chi connectivity index (χ0) is 15.8. The molecule has 1 aromatic heterocycles. The lowest BCUT2D eigenvalue weighted by Gasteiger charge is -2.26. The summed E-state index contributed by atoms with van der Waals surface area (Å²) in [7, 11) is 0. The monoisotopic (exact) mass is 313 g/mol. The molecule has 2 aromatic rings. The third-order valence-electron chi connectivity index (χ3n) is 4.14. The standard InChI is InChI=1S/C17H16FN3O2/c18-13-3-4-15-11(5-13)6-14(9-23-15)21-17(22)12-7-19-16(20-8-12)10-1-2-10/h3-5,7-8,10,14H,1-2,6,9H2,(H,21,22). The predicted molar refractivity (Wildman–Crippen MR) is 80.9 cm³/mol. The van der Waals surface area contributed by atoms with Crippen molar-refractivity contribution < 1.29 is 13.9 Å². The Hall–Kier alpha value is -2.50. The molecule has 1 amide bonds. The minimum absolute atomic E-state index is 0.195. The number of hydrogen-bond donors (Lipinski definition) is 1. The van der Waals surface area contributed by atoms with Crippen LogP contribution in [0.3, 0.4) is 0 Å². The van der Waals surface area contributed by atoms with Crippen molar-refractivity contribution in [3.05, 3.63) is 53.4 Å². The predicted octanol–water partition coefficient (Wildman–Crippen LogP) is 2.23. The first kappa shape index (κ1) is 14.1. The van der Waals surface area contributed by atoms with Crippen LogP contribution in [0, 0.1) is 5.82 Å². The number of nitrogens with one attached hydrogen (secondary N) is 1. The van der Waals surface area contributed by atoms with Crippen LogP contribution in [0.2, 0.25) is 0 Å². The number of ether oxygens (including phenoxy) is 1. The molecule has 118 valence electrons. The lowest BCUT2D eigenvalue weighted by atomic mass is 10.0. The minimum Gasteiger partial charge on any atom is -0.491 e. The molecule has 1 atom stereocenters. The average molecular weight is 313 g/mol. The van der Waals surface area contributed by atoms with Gasteiger partial charge in [0.1, 0.15) is 24.0 Å². The topological polar surface area (TPSA) is 64.1 Å². The lowest BCUT2D eigenvalue weighted by Crippen LogP contribution is -2.42. The highest BCUT2D eigenvalue weighted by molar-refractivity contribution is 5.93. The van der Waals surface area contributed by atoms with Crippen LogP contribution in [0.15, 0.2) is 30.6 Å². The van der Waals surface area contributed by atoms with E-state index < -0.39 is 0 Å². The molecule has 1 N–H and O–H groups in total. The molecule has 1 aliphatic heterocycles. The molecule has 0 spiro atoms. The highest BCUT2D eigenvalue weighted by atomic mass is 19.1. The number of carbonyl (C=O) groups is 1. The smallest absolute Gasteiger partial charge is 0.254 e. The van der Waals surface area contributed by atoms with Gasteiger partial charge in [0.05, 0.1) is 11.6 Å². The molecular formula is C17H16FN3O2. The van der Waals surface area contributed by atoms with Crippen molar-refractivity contribution in [2.45, 2.75) is 31.2 Å². The Morgan fingerprint density at radius 2 is 2.04 bits per heavy atom. The van der Waals surface area contributed by atoms with E-state index in [0.717, 1.165) is 24.2 Å². The van der Waals surface area contributed by atoms with Gasteiger partial charge in [0.2, 0.25) is 0 Å². The van der Waals surface area contributed by atoms with Crippen molar-refractivity contribution in [3.63, 3.8) is 0 Å². The summed E-state index contributed by atoms with van der Waals surface area (Å²) in [6, 6.07) is 4.24. The first-order chi connectivity index (χ1) is 11.2. The quantitative estimate of drug-likeness (QED) is 0.944. The first-order valence-electron chi connectivity index (χ1n) is 7.73. The maximum Gasteiger partial charge on any atom is 0.254 e. The van der Waals surface area contributed by atoms with Gasteiger partial charge in [-0.15, -0.1) is 0 Å². The fraction of sp³-hybridized carbons (Fsp3) is 0.353. The van der Waals surface area contributed by atoms with Crippen molar-refractivity contribution in [1.29, 1.82) is 0 Å². The lowest BCUT2D eigenvalue weighted by molar-refractivity contribution is 0.0914. The molecule has 6 heteroatoms. The van der Waals surface area contributed by atoms with Crippen LogP contribution in [0.4, 0.5) is 4.39 Å². The Kier molecular flexibility index (Phi) is 3.44. The van der Waals surface area contributed by atoms with E-state index in [1.54, 1.807) is 18.5 Å². The number of nitrogens with zero attached hydrogens (tertiary/aromatic N) is 2. The van der Waals surface area contributed by atoms with E-state index >= 15 is 0 Å². The van der Waals surface area contributed by atoms with Gasteiger partial charge in [-0.25, -0.2) is 14.4 Å². The van der Waals surface area contributed by atoms with Crippen LogP contribution in [0.1, 0.15) is 40.5 Å². The van der Waals surface area contributed by atoms with Gasteiger partial charge in [-0.05, 0) is 43.0 Å². The summed E-state index contributed by atoms with van der Waals surface area (Å²) >= 11 is 0. The van der Waals surface area contributed by atoms with E-state index in [2.05, 4.69) is 15.3 Å². The van der Waals surface area contributed by atoms with Gasteiger partial charge >= 0.3 is 0 Å². The molecular weight excluding hydrogens is 297 g/mol. The van der Waals surface area contributed by atoms with Crippen LogP contribution < -0.4 is 10.1 Å². The minimum atomic E-state index is -0.302. The number of fused-ring (bicyclic) bond motifs is 1. The largest absolute Gasteiger partial charge is 0.491 e. The van der Waals surface area contributed by atoms with Crippen LogP contribution >= 0.6 is 0 Å². The van der Waals surface area contributed by atoms with E-state index in [-0.39, 0.29) is 17.8 Å². The fourth-order valence-corrected chi connectivity index (χ4v) is 2.73. The fourth-order valence-electron chi connectivity index (χ4n) is 2.73. The van der Waals surface area contributed by atoms with Crippen LogP contribution in [0.25, 0.3) is 0 Å². The molecule has 1 saturated carbocycles. The molecule has 23 heavy (non-hydrogen) atoms. The zero-order valence-electron chi connectivity index (χ0n) is 12.5. The molecule has 5 nitrogen and oxygen atoms in total. The van der Waals surface area contributed by atoms with Crippen molar-refractivity contribution in [3.8, 4) is 5.75 Å². The first-order valence-corrected chi connectivity index (χ1v) is 7.73. The van der Waals surface area contributed by atoms with Crippen LogP contribution in [-0.4, -0.2) is 28.5 Å². The van der Waals surface area contributed by atoms with Crippen molar-refractivity contribution >= 4 is 5.91 Å². The molecule has 1 unspecified atom stereocenters. The highest BCUT2D eigenvalue weighted by Gasteiger charge is 2.27. The zero-order valence-corrected chi connectivity index (χ0v) is 12.5. The van der Waals surface area contributed by atoms with Gasteiger partial charge in [0.25, 0.3) is 5.91 Å². The molecule has 2 heterocycles. The molecule has 1 fully saturated rings. The number of aromatic nitrogens is 2. The Morgan fingerprint density at radius 3 is 2.78 bits per heavy atom. The van der Waals surface area contributed by atoms with Gasteiger partial charge in [-0.2, -0.15) is 0 Å². The third-order valence-corrected chi connectivity index (χ3v) is 4.14. The summed E-state index contributed by atoms with van der Waals surface area (Å²) in [6.07, 6.45) is 5.92. The van der Waals surface area contributed by atoms with Crippen LogP contribution in [-0.2, 0) is 6.42 Å². The molecule has 0 radical (unpaired) electrons.